The number of carboxylic acids is 1. The largest absolute Gasteiger partial charge is 0.478 e. The third-order valence-corrected chi connectivity index (χ3v) is 4.13. The molecule has 1 atom stereocenters. The van der Waals surface area contributed by atoms with E-state index in [4.69, 9.17) is 4.74 Å². The molecule has 0 heterocycles. The molecule has 0 saturated heterocycles. The summed E-state index contributed by atoms with van der Waals surface area (Å²) in [4.78, 5) is 11.4. The number of aromatic carboxylic acids is 1. The molecule has 21 heavy (non-hydrogen) atoms. The fraction of sp³-hybridized carbons (Fsp3) is 0.235. The van der Waals surface area contributed by atoms with Crippen molar-refractivity contribution in [3.63, 3.8) is 0 Å². The van der Waals surface area contributed by atoms with Gasteiger partial charge in [-0.1, -0.05) is 38.1 Å². The van der Waals surface area contributed by atoms with Crippen LogP contribution in [-0.2, 0) is 0 Å². The SMILES string of the molecule is CCC(C)c1ccccc1Oc1cccc(Br)c1C(=O)O. The molecule has 0 spiro atoms. The molecule has 0 bridgehead atoms. The fourth-order valence-electron chi connectivity index (χ4n) is 2.12. The molecule has 0 radical (unpaired) electrons. The van der Waals surface area contributed by atoms with Gasteiger partial charge in [-0.15, -0.1) is 0 Å². The molecule has 4 heteroatoms. The molecule has 0 aliphatic heterocycles. The number of carboxylic acid groups (broad SMARTS) is 1. The Kier molecular flexibility index (Phi) is 5.02. The van der Waals surface area contributed by atoms with Gasteiger partial charge >= 0.3 is 5.97 Å². The Bertz CT molecular complexity index is 652. The van der Waals surface area contributed by atoms with Gasteiger partial charge in [0.2, 0.25) is 0 Å². The van der Waals surface area contributed by atoms with E-state index in [1.165, 1.54) is 0 Å². The van der Waals surface area contributed by atoms with Crippen molar-refractivity contribution in [1.82, 2.24) is 0 Å². The Morgan fingerprint density at radius 1 is 1.19 bits per heavy atom. The lowest BCUT2D eigenvalue weighted by Crippen LogP contribution is -2.03. The van der Waals surface area contributed by atoms with Crippen LogP contribution >= 0.6 is 15.9 Å². The van der Waals surface area contributed by atoms with Crippen molar-refractivity contribution in [2.45, 2.75) is 26.2 Å². The number of rotatable bonds is 5. The summed E-state index contributed by atoms with van der Waals surface area (Å²) in [7, 11) is 0. The van der Waals surface area contributed by atoms with Gasteiger partial charge in [-0.05, 0) is 52.0 Å². The van der Waals surface area contributed by atoms with Gasteiger partial charge in [0.25, 0.3) is 0 Å². The number of para-hydroxylation sites is 1. The monoisotopic (exact) mass is 348 g/mol. The highest BCUT2D eigenvalue weighted by Gasteiger charge is 2.17. The lowest BCUT2D eigenvalue weighted by atomic mass is 9.98. The van der Waals surface area contributed by atoms with Crippen LogP contribution in [0.25, 0.3) is 0 Å². The third-order valence-electron chi connectivity index (χ3n) is 3.47. The number of benzene rings is 2. The van der Waals surface area contributed by atoms with E-state index in [1.54, 1.807) is 18.2 Å². The Morgan fingerprint density at radius 3 is 2.52 bits per heavy atom. The second-order valence-electron chi connectivity index (χ2n) is 4.87. The Balaban J connectivity index is 2.44. The summed E-state index contributed by atoms with van der Waals surface area (Å²) in [5, 5.41) is 9.34. The highest BCUT2D eigenvalue weighted by molar-refractivity contribution is 9.10. The van der Waals surface area contributed by atoms with Crippen molar-refractivity contribution < 1.29 is 14.6 Å². The van der Waals surface area contributed by atoms with Crippen LogP contribution in [0.1, 0.15) is 42.1 Å². The molecule has 1 unspecified atom stereocenters. The lowest BCUT2D eigenvalue weighted by Gasteiger charge is -2.16. The predicted molar refractivity (Wildman–Crippen MR) is 86.3 cm³/mol. The quantitative estimate of drug-likeness (QED) is 0.780. The van der Waals surface area contributed by atoms with Crippen LogP contribution in [-0.4, -0.2) is 11.1 Å². The van der Waals surface area contributed by atoms with Gasteiger partial charge in [-0.3, -0.25) is 0 Å². The number of carbonyl (C=O) groups is 1. The van der Waals surface area contributed by atoms with Gasteiger partial charge in [-0.2, -0.15) is 0 Å². The van der Waals surface area contributed by atoms with Gasteiger partial charge in [-0.25, -0.2) is 4.79 Å². The molecule has 2 aromatic rings. The zero-order valence-corrected chi connectivity index (χ0v) is 13.6. The molecule has 0 aromatic heterocycles. The van der Waals surface area contributed by atoms with Crippen molar-refractivity contribution in [2.75, 3.05) is 0 Å². The number of halogens is 1. The smallest absolute Gasteiger partial charge is 0.340 e. The van der Waals surface area contributed by atoms with E-state index in [2.05, 4.69) is 29.8 Å². The first-order valence-electron chi connectivity index (χ1n) is 6.83. The highest BCUT2D eigenvalue weighted by atomic mass is 79.9. The van der Waals surface area contributed by atoms with Gasteiger partial charge in [0.15, 0.2) is 0 Å². The first-order chi connectivity index (χ1) is 10.0. The van der Waals surface area contributed by atoms with Gasteiger partial charge < -0.3 is 9.84 Å². The number of hydrogen-bond acceptors (Lipinski definition) is 2. The second kappa shape index (κ2) is 6.76. The average molecular weight is 349 g/mol. The molecular formula is C17H17BrO3. The Morgan fingerprint density at radius 2 is 1.86 bits per heavy atom. The van der Waals surface area contributed by atoms with Crippen LogP contribution in [0.15, 0.2) is 46.9 Å². The molecule has 110 valence electrons. The third kappa shape index (κ3) is 3.45. The first-order valence-corrected chi connectivity index (χ1v) is 7.62. The molecule has 2 aromatic carbocycles. The summed E-state index contributed by atoms with van der Waals surface area (Å²) in [5.74, 6) is 0.375. The standard InChI is InChI=1S/C17H17BrO3/c1-3-11(2)12-7-4-5-9-14(12)21-15-10-6-8-13(18)16(15)17(19)20/h4-11H,3H2,1-2H3,(H,19,20). The van der Waals surface area contributed by atoms with Crippen LogP contribution in [0, 0.1) is 0 Å². The maximum absolute atomic E-state index is 11.4. The van der Waals surface area contributed by atoms with Gasteiger partial charge in [0.1, 0.15) is 17.1 Å². The highest BCUT2D eigenvalue weighted by Crippen LogP contribution is 2.35. The van der Waals surface area contributed by atoms with Crippen molar-refractivity contribution in [3.8, 4) is 11.5 Å². The van der Waals surface area contributed by atoms with Crippen molar-refractivity contribution >= 4 is 21.9 Å². The van der Waals surface area contributed by atoms with E-state index >= 15 is 0 Å². The van der Waals surface area contributed by atoms with Crippen molar-refractivity contribution in [2.24, 2.45) is 0 Å². The molecule has 0 aliphatic carbocycles. The average Bonchev–Trinajstić information content (AvgIpc) is 2.46. The minimum atomic E-state index is -1.02. The number of hydrogen-bond donors (Lipinski definition) is 1. The topological polar surface area (TPSA) is 46.5 Å². The minimum Gasteiger partial charge on any atom is -0.478 e. The molecule has 0 amide bonds. The summed E-state index contributed by atoms with van der Waals surface area (Å²) in [6.07, 6.45) is 0.991. The molecule has 0 saturated carbocycles. The van der Waals surface area contributed by atoms with Crippen LogP contribution in [0.3, 0.4) is 0 Å². The second-order valence-corrected chi connectivity index (χ2v) is 5.72. The Hall–Kier alpha value is -1.81. The molecule has 0 fully saturated rings. The zero-order valence-electron chi connectivity index (χ0n) is 12.0. The minimum absolute atomic E-state index is 0.136. The number of ether oxygens (including phenoxy) is 1. The summed E-state index contributed by atoms with van der Waals surface area (Å²) in [6, 6.07) is 12.9. The summed E-state index contributed by atoms with van der Waals surface area (Å²) in [5.41, 5.74) is 1.22. The molecule has 3 nitrogen and oxygen atoms in total. The van der Waals surface area contributed by atoms with Crippen LogP contribution in [0.5, 0.6) is 11.5 Å². The van der Waals surface area contributed by atoms with E-state index in [-0.39, 0.29) is 5.56 Å². The normalized spacial score (nSPS) is 12.0. The fourth-order valence-corrected chi connectivity index (χ4v) is 2.63. The van der Waals surface area contributed by atoms with Crippen LogP contribution in [0.2, 0.25) is 0 Å². The zero-order chi connectivity index (χ0) is 15.4. The van der Waals surface area contributed by atoms with Crippen molar-refractivity contribution in [1.29, 1.82) is 0 Å². The van der Waals surface area contributed by atoms with Gasteiger partial charge in [0, 0.05) is 4.47 Å². The van der Waals surface area contributed by atoms with E-state index in [1.807, 2.05) is 24.3 Å². The van der Waals surface area contributed by atoms with Crippen LogP contribution < -0.4 is 4.74 Å². The lowest BCUT2D eigenvalue weighted by molar-refractivity contribution is 0.0693. The Labute approximate surface area is 132 Å². The van der Waals surface area contributed by atoms with Gasteiger partial charge in [0.05, 0.1) is 0 Å². The van der Waals surface area contributed by atoms with Crippen molar-refractivity contribution in [3.05, 3.63) is 58.1 Å². The maximum Gasteiger partial charge on any atom is 0.340 e. The van der Waals surface area contributed by atoms with E-state index < -0.39 is 5.97 Å². The first kappa shape index (κ1) is 15.6. The van der Waals surface area contributed by atoms with E-state index in [9.17, 15) is 9.90 Å². The van der Waals surface area contributed by atoms with E-state index in [0.29, 0.717) is 21.9 Å². The summed E-state index contributed by atoms with van der Waals surface area (Å²) < 4.78 is 6.40. The summed E-state index contributed by atoms with van der Waals surface area (Å²) in [6.45, 7) is 4.24. The molecular weight excluding hydrogens is 332 g/mol. The van der Waals surface area contributed by atoms with E-state index in [0.717, 1.165) is 12.0 Å². The predicted octanol–water partition coefficient (Wildman–Crippen LogP) is 5.45. The van der Waals surface area contributed by atoms with Crippen LogP contribution in [0.4, 0.5) is 0 Å². The summed E-state index contributed by atoms with van der Waals surface area (Å²) >= 11 is 3.26. The maximum atomic E-state index is 11.4. The molecule has 0 aliphatic rings. The molecule has 2 rings (SSSR count). The molecule has 1 N–H and O–H groups in total.